The number of rotatable bonds is 4. The van der Waals surface area contributed by atoms with Crippen molar-refractivity contribution in [3.8, 4) is 6.07 Å². The van der Waals surface area contributed by atoms with Crippen LogP contribution < -0.4 is 0 Å². The topological polar surface area (TPSA) is 63.0 Å². The quantitative estimate of drug-likeness (QED) is 0.416. The molecule has 0 spiro atoms. The highest BCUT2D eigenvalue weighted by molar-refractivity contribution is 6.00. The Labute approximate surface area is 139 Å². The minimum Gasteiger partial charge on any atom is -0.457 e. The van der Waals surface area contributed by atoms with Gasteiger partial charge >= 0.3 is 5.97 Å². The summed E-state index contributed by atoms with van der Waals surface area (Å²) in [4.78, 5) is 16.4. The molecule has 0 aliphatic heterocycles. The molecule has 0 N–H and O–H groups in total. The molecule has 0 saturated heterocycles. The smallest absolute Gasteiger partial charge is 0.349 e. The van der Waals surface area contributed by atoms with Crippen LogP contribution in [-0.2, 0) is 16.1 Å². The van der Waals surface area contributed by atoms with Crippen molar-refractivity contribution in [2.45, 2.75) is 6.61 Å². The SMILES string of the molecule is N#CC(=Cc1ccnc2ccccc12)C(=O)OCc1ccccc1. The maximum Gasteiger partial charge on any atom is 0.349 e. The van der Waals surface area contributed by atoms with Crippen LogP contribution in [-0.4, -0.2) is 11.0 Å². The summed E-state index contributed by atoms with van der Waals surface area (Å²) in [6.07, 6.45) is 3.19. The average molecular weight is 314 g/mol. The lowest BCUT2D eigenvalue weighted by molar-refractivity contribution is -0.139. The van der Waals surface area contributed by atoms with Gasteiger partial charge in [-0.2, -0.15) is 5.26 Å². The number of nitriles is 1. The van der Waals surface area contributed by atoms with Crippen LogP contribution in [0.1, 0.15) is 11.1 Å². The fourth-order valence-corrected chi connectivity index (χ4v) is 2.34. The lowest BCUT2D eigenvalue weighted by atomic mass is 10.1. The number of para-hydroxylation sites is 1. The van der Waals surface area contributed by atoms with Gasteiger partial charge in [-0.3, -0.25) is 4.98 Å². The fraction of sp³-hybridized carbons (Fsp3) is 0.0500. The first-order chi connectivity index (χ1) is 11.8. The Balaban J connectivity index is 1.83. The minimum absolute atomic E-state index is 0.0396. The van der Waals surface area contributed by atoms with Gasteiger partial charge in [0.25, 0.3) is 0 Å². The summed E-state index contributed by atoms with van der Waals surface area (Å²) >= 11 is 0. The Morgan fingerprint density at radius 2 is 1.83 bits per heavy atom. The average Bonchev–Trinajstić information content (AvgIpc) is 2.65. The van der Waals surface area contributed by atoms with Gasteiger partial charge < -0.3 is 4.74 Å². The Bertz CT molecular complexity index is 935. The van der Waals surface area contributed by atoms with E-state index < -0.39 is 5.97 Å². The largest absolute Gasteiger partial charge is 0.457 e. The molecule has 0 amide bonds. The number of esters is 1. The predicted molar refractivity (Wildman–Crippen MR) is 91.6 cm³/mol. The zero-order valence-electron chi connectivity index (χ0n) is 12.8. The van der Waals surface area contributed by atoms with Crippen LogP contribution in [0, 0.1) is 11.3 Å². The van der Waals surface area contributed by atoms with Crippen LogP contribution >= 0.6 is 0 Å². The lowest BCUT2D eigenvalue weighted by Gasteiger charge is -2.05. The summed E-state index contributed by atoms with van der Waals surface area (Å²) in [6.45, 7) is 0.135. The fourth-order valence-electron chi connectivity index (χ4n) is 2.34. The standard InChI is InChI=1S/C20H14N2O2/c21-13-17(20(23)24-14-15-6-2-1-3-7-15)12-16-10-11-22-19-9-5-4-8-18(16)19/h1-12H,14H2. The number of nitrogens with zero attached hydrogens (tertiary/aromatic N) is 2. The van der Waals surface area contributed by atoms with Gasteiger partial charge in [0.1, 0.15) is 18.2 Å². The summed E-state index contributed by atoms with van der Waals surface area (Å²) in [5.74, 6) is -0.637. The van der Waals surface area contributed by atoms with E-state index in [-0.39, 0.29) is 12.2 Å². The third-order valence-corrected chi connectivity index (χ3v) is 3.54. The van der Waals surface area contributed by atoms with E-state index in [1.807, 2.05) is 60.7 Å². The molecule has 1 aromatic heterocycles. The molecule has 0 fully saturated rings. The molecule has 2 aromatic carbocycles. The zero-order chi connectivity index (χ0) is 16.8. The molecule has 0 aliphatic rings. The summed E-state index contributed by atoms with van der Waals surface area (Å²) < 4.78 is 5.22. The highest BCUT2D eigenvalue weighted by Gasteiger charge is 2.12. The number of carbonyl (C=O) groups excluding carboxylic acids is 1. The Morgan fingerprint density at radius 1 is 1.08 bits per heavy atom. The van der Waals surface area contributed by atoms with Crippen LogP contribution in [0.5, 0.6) is 0 Å². The van der Waals surface area contributed by atoms with E-state index in [0.29, 0.717) is 0 Å². The number of aromatic nitrogens is 1. The van der Waals surface area contributed by atoms with Gasteiger partial charge in [-0.05, 0) is 29.3 Å². The second-order valence-electron chi connectivity index (χ2n) is 5.15. The maximum atomic E-state index is 12.2. The Morgan fingerprint density at radius 3 is 2.62 bits per heavy atom. The molecule has 3 rings (SSSR count). The Hall–Kier alpha value is -3.45. The molecule has 1 heterocycles. The number of hydrogen-bond acceptors (Lipinski definition) is 4. The van der Waals surface area contributed by atoms with Crippen LogP contribution in [0.2, 0.25) is 0 Å². The van der Waals surface area contributed by atoms with Crippen molar-refractivity contribution in [3.63, 3.8) is 0 Å². The van der Waals surface area contributed by atoms with Crippen LogP contribution in [0.25, 0.3) is 17.0 Å². The molecule has 0 bridgehead atoms. The predicted octanol–water partition coefficient (Wildman–Crippen LogP) is 3.89. The van der Waals surface area contributed by atoms with Gasteiger partial charge in [0.15, 0.2) is 0 Å². The lowest BCUT2D eigenvalue weighted by Crippen LogP contribution is -2.06. The number of fused-ring (bicyclic) bond motifs is 1. The molecule has 24 heavy (non-hydrogen) atoms. The highest BCUT2D eigenvalue weighted by atomic mass is 16.5. The van der Waals surface area contributed by atoms with Gasteiger partial charge in [0, 0.05) is 11.6 Å². The second kappa shape index (κ2) is 7.21. The Kier molecular flexibility index (Phi) is 4.64. The van der Waals surface area contributed by atoms with Crippen LogP contribution in [0.3, 0.4) is 0 Å². The zero-order valence-corrected chi connectivity index (χ0v) is 12.8. The van der Waals surface area contributed by atoms with Crippen molar-refractivity contribution >= 4 is 22.9 Å². The van der Waals surface area contributed by atoms with E-state index in [9.17, 15) is 10.1 Å². The normalized spacial score (nSPS) is 11.0. The van der Waals surface area contributed by atoms with Gasteiger partial charge in [0.05, 0.1) is 5.52 Å². The third-order valence-electron chi connectivity index (χ3n) is 3.54. The van der Waals surface area contributed by atoms with Crippen molar-refractivity contribution in [1.82, 2.24) is 4.98 Å². The monoisotopic (exact) mass is 314 g/mol. The van der Waals surface area contributed by atoms with E-state index in [1.54, 1.807) is 12.3 Å². The van der Waals surface area contributed by atoms with Gasteiger partial charge in [-0.15, -0.1) is 0 Å². The first-order valence-electron chi connectivity index (χ1n) is 7.44. The molecular weight excluding hydrogens is 300 g/mol. The van der Waals surface area contributed by atoms with Gasteiger partial charge in [-0.25, -0.2) is 4.79 Å². The summed E-state index contributed by atoms with van der Waals surface area (Å²) in [5, 5.41) is 10.2. The summed E-state index contributed by atoms with van der Waals surface area (Å²) in [5.41, 5.74) is 2.40. The van der Waals surface area contributed by atoms with E-state index >= 15 is 0 Å². The summed E-state index contributed by atoms with van der Waals surface area (Å²) in [6, 6.07) is 20.6. The van der Waals surface area contributed by atoms with E-state index in [4.69, 9.17) is 4.74 Å². The van der Waals surface area contributed by atoms with Crippen molar-refractivity contribution in [2.75, 3.05) is 0 Å². The molecule has 4 heteroatoms. The van der Waals surface area contributed by atoms with Gasteiger partial charge in [-0.1, -0.05) is 48.5 Å². The van der Waals surface area contributed by atoms with Crippen molar-refractivity contribution in [2.24, 2.45) is 0 Å². The van der Waals surface area contributed by atoms with E-state index in [0.717, 1.165) is 22.0 Å². The number of benzene rings is 2. The minimum atomic E-state index is -0.637. The molecule has 0 saturated carbocycles. The number of hydrogen-bond donors (Lipinski definition) is 0. The first kappa shape index (κ1) is 15.4. The molecule has 0 atom stereocenters. The molecule has 116 valence electrons. The molecular formula is C20H14N2O2. The molecule has 4 nitrogen and oxygen atoms in total. The second-order valence-corrected chi connectivity index (χ2v) is 5.15. The van der Waals surface area contributed by atoms with Crippen molar-refractivity contribution in [3.05, 3.63) is 83.6 Å². The van der Waals surface area contributed by atoms with Crippen molar-refractivity contribution < 1.29 is 9.53 Å². The third kappa shape index (κ3) is 3.47. The van der Waals surface area contributed by atoms with Crippen LogP contribution in [0.4, 0.5) is 0 Å². The van der Waals surface area contributed by atoms with E-state index in [1.165, 1.54) is 6.08 Å². The molecule has 0 aliphatic carbocycles. The van der Waals surface area contributed by atoms with Crippen molar-refractivity contribution in [1.29, 1.82) is 5.26 Å². The highest BCUT2D eigenvalue weighted by Crippen LogP contribution is 2.19. The maximum absolute atomic E-state index is 12.2. The number of ether oxygens (including phenoxy) is 1. The van der Waals surface area contributed by atoms with Gasteiger partial charge in [0.2, 0.25) is 0 Å². The number of pyridine rings is 1. The van der Waals surface area contributed by atoms with Crippen LogP contribution in [0.15, 0.2) is 72.4 Å². The summed E-state index contributed by atoms with van der Waals surface area (Å²) in [7, 11) is 0. The number of carbonyl (C=O) groups is 1. The molecule has 0 unspecified atom stereocenters. The van der Waals surface area contributed by atoms with E-state index in [2.05, 4.69) is 4.98 Å². The first-order valence-corrected chi connectivity index (χ1v) is 7.44. The molecule has 3 aromatic rings. The molecule has 0 radical (unpaired) electrons.